The van der Waals surface area contributed by atoms with Crippen molar-refractivity contribution in [3.05, 3.63) is 0 Å². The van der Waals surface area contributed by atoms with Gasteiger partial charge in [-0.05, 0) is 6.42 Å². The molecule has 82 valence electrons. The lowest BCUT2D eigenvalue weighted by molar-refractivity contribution is 0.103. The molecule has 1 N–H and O–H groups in total. The van der Waals surface area contributed by atoms with E-state index in [9.17, 15) is 0 Å². The highest BCUT2D eigenvalue weighted by Crippen LogP contribution is 2.06. The van der Waals surface area contributed by atoms with Crippen LogP contribution in [0.5, 0.6) is 0 Å². The maximum absolute atomic E-state index is 8.57. The van der Waals surface area contributed by atoms with Crippen molar-refractivity contribution in [2.24, 2.45) is 5.16 Å². The van der Waals surface area contributed by atoms with Crippen molar-refractivity contribution in [3.63, 3.8) is 0 Å². The molecular weight excluding hydrogens is 180 g/mol. The number of oxime groups is 1. The van der Waals surface area contributed by atoms with E-state index < -0.39 is 0 Å². The first-order chi connectivity index (χ1) is 6.86. The molecule has 0 aliphatic carbocycles. The molecule has 0 radical (unpaired) electrons. The molecule has 1 aliphatic rings. The second-order valence-corrected chi connectivity index (χ2v) is 3.62. The maximum Gasteiger partial charge on any atom is 0.0596 e. The number of rotatable bonds is 5. The van der Waals surface area contributed by atoms with Gasteiger partial charge in [-0.1, -0.05) is 12.1 Å². The molecule has 0 saturated carbocycles. The third-order valence-electron chi connectivity index (χ3n) is 2.47. The minimum atomic E-state index is 0.819. The van der Waals surface area contributed by atoms with E-state index in [1.54, 1.807) is 0 Å². The molecule has 1 rings (SSSR count). The average molecular weight is 200 g/mol. The Labute approximate surface area is 85.5 Å². The SMILES string of the molecule is CCCOCCN1CCC(=NO)CC1. The number of piperidine rings is 1. The van der Waals surface area contributed by atoms with Crippen LogP contribution in [0.2, 0.25) is 0 Å². The van der Waals surface area contributed by atoms with Crippen LogP contribution in [0.4, 0.5) is 0 Å². The quantitative estimate of drug-likeness (QED) is 0.414. The van der Waals surface area contributed by atoms with Gasteiger partial charge in [-0.15, -0.1) is 0 Å². The molecule has 0 atom stereocenters. The molecule has 4 heteroatoms. The van der Waals surface area contributed by atoms with E-state index in [4.69, 9.17) is 9.94 Å². The van der Waals surface area contributed by atoms with Crippen LogP contribution >= 0.6 is 0 Å². The summed E-state index contributed by atoms with van der Waals surface area (Å²) in [6, 6.07) is 0. The highest BCUT2D eigenvalue weighted by molar-refractivity contribution is 5.84. The average Bonchev–Trinajstić information content (AvgIpc) is 2.25. The molecule has 0 spiro atoms. The van der Waals surface area contributed by atoms with Crippen molar-refractivity contribution in [2.75, 3.05) is 32.8 Å². The Morgan fingerprint density at radius 3 is 2.64 bits per heavy atom. The minimum absolute atomic E-state index is 0.819. The second-order valence-electron chi connectivity index (χ2n) is 3.62. The molecule has 0 aromatic carbocycles. The smallest absolute Gasteiger partial charge is 0.0596 e. The van der Waals surface area contributed by atoms with Crippen molar-refractivity contribution in [1.29, 1.82) is 0 Å². The van der Waals surface area contributed by atoms with Gasteiger partial charge in [0.1, 0.15) is 0 Å². The molecule has 0 unspecified atom stereocenters. The van der Waals surface area contributed by atoms with Crippen LogP contribution in [0.25, 0.3) is 0 Å². The van der Waals surface area contributed by atoms with Crippen molar-refractivity contribution in [1.82, 2.24) is 4.90 Å². The summed E-state index contributed by atoms with van der Waals surface area (Å²) in [5, 5.41) is 11.8. The van der Waals surface area contributed by atoms with Crippen LogP contribution in [-0.2, 0) is 4.74 Å². The number of hydrogen-bond donors (Lipinski definition) is 1. The molecule has 0 amide bonds. The largest absolute Gasteiger partial charge is 0.411 e. The van der Waals surface area contributed by atoms with Gasteiger partial charge in [0.2, 0.25) is 0 Å². The fourth-order valence-electron chi connectivity index (χ4n) is 1.57. The Kier molecular flexibility index (Phi) is 5.56. The maximum atomic E-state index is 8.57. The van der Waals surface area contributed by atoms with Gasteiger partial charge in [-0.25, -0.2) is 0 Å². The third-order valence-corrected chi connectivity index (χ3v) is 2.47. The Morgan fingerprint density at radius 1 is 1.36 bits per heavy atom. The zero-order valence-electron chi connectivity index (χ0n) is 8.91. The van der Waals surface area contributed by atoms with Gasteiger partial charge < -0.3 is 14.8 Å². The van der Waals surface area contributed by atoms with Crippen molar-refractivity contribution in [2.45, 2.75) is 26.2 Å². The van der Waals surface area contributed by atoms with Gasteiger partial charge in [0, 0.05) is 39.1 Å². The van der Waals surface area contributed by atoms with Gasteiger partial charge in [0.15, 0.2) is 0 Å². The lowest BCUT2D eigenvalue weighted by atomic mass is 10.1. The number of nitrogens with zero attached hydrogens (tertiary/aromatic N) is 2. The van der Waals surface area contributed by atoms with Crippen LogP contribution < -0.4 is 0 Å². The van der Waals surface area contributed by atoms with E-state index in [-0.39, 0.29) is 0 Å². The number of ether oxygens (including phenoxy) is 1. The lowest BCUT2D eigenvalue weighted by Crippen LogP contribution is -2.36. The van der Waals surface area contributed by atoms with E-state index in [1.807, 2.05) is 0 Å². The molecule has 14 heavy (non-hydrogen) atoms. The van der Waals surface area contributed by atoms with Gasteiger partial charge in [0.25, 0.3) is 0 Å². The Bertz CT molecular complexity index is 173. The molecule has 0 bridgehead atoms. The summed E-state index contributed by atoms with van der Waals surface area (Å²) >= 11 is 0. The molecule has 0 aromatic heterocycles. The summed E-state index contributed by atoms with van der Waals surface area (Å²) < 4.78 is 5.42. The topological polar surface area (TPSA) is 45.1 Å². The molecule has 1 fully saturated rings. The first kappa shape index (κ1) is 11.5. The molecule has 1 saturated heterocycles. The minimum Gasteiger partial charge on any atom is -0.411 e. The van der Waals surface area contributed by atoms with Crippen LogP contribution in [0.1, 0.15) is 26.2 Å². The van der Waals surface area contributed by atoms with E-state index in [2.05, 4.69) is 17.0 Å². The normalized spacial score (nSPS) is 18.5. The summed E-state index contributed by atoms with van der Waals surface area (Å²) in [6.07, 6.45) is 2.87. The first-order valence-electron chi connectivity index (χ1n) is 5.36. The molecule has 1 heterocycles. The summed E-state index contributed by atoms with van der Waals surface area (Å²) in [4.78, 5) is 2.35. The predicted molar refractivity (Wildman–Crippen MR) is 56.0 cm³/mol. The van der Waals surface area contributed by atoms with Crippen molar-refractivity contribution in [3.8, 4) is 0 Å². The van der Waals surface area contributed by atoms with Gasteiger partial charge in [0.05, 0.1) is 12.3 Å². The van der Waals surface area contributed by atoms with Crippen molar-refractivity contribution < 1.29 is 9.94 Å². The van der Waals surface area contributed by atoms with Crippen LogP contribution in [0.15, 0.2) is 5.16 Å². The van der Waals surface area contributed by atoms with Crippen LogP contribution in [0.3, 0.4) is 0 Å². The van der Waals surface area contributed by atoms with Gasteiger partial charge >= 0.3 is 0 Å². The number of hydrogen-bond acceptors (Lipinski definition) is 4. The summed E-state index contributed by atoms with van der Waals surface area (Å²) in [5.41, 5.74) is 0.927. The van der Waals surface area contributed by atoms with Gasteiger partial charge in [-0.3, -0.25) is 0 Å². The summed E-state index contributed by atoms with van der Waals surface area (Å²) in [5.74, 6) is 0. The summed E-state index contributed by atoms with van der Waals surface area (Å²) in [6.45, 7) is 6.78. The highest BCUT2D eigenvalue weighted by atomic mass is 16.5. The molecule has 4 nitrogen and oxygen atoms in total. The number of likely N-dealkylation sites (tertiary alicyclic amines) is 1. The lowest BCUT2D eigenvalue weighted by Gasteiger charge is -2.26. The third kappa shape index (κ3) is 4.07. The Morgan fingerprint density at radius 2 is 2.07 bits per heavy atom. The first-order valence-corrected chi connectivity index (χ1v) is 5.36. The standard InChI is InChI=1S/C10H20N2O2/c1-2-8-14-9-7-12-5-3-10(11-13)4-6-12/h13H,2-9H2,1H3. The Balaban J connectivity index is 2.04. The zero-order chi connectivity index (χ0) is 10.2. The second kappa shape index (κ2) is 6.79. The molecular formula is C10H20N2O2. The fourth-order valence-corrected chi connectivity index (χ4v) is 1.57. The molecule has 1 aliphatic heterocycles. The zero-order valence-corrected chi connectivity index (χ0v) is 8.91. The van der Waals surface area contributed by atoms with Gasteiger partial charge in [-0.2, -0.15) is 0 Å². The predicted octanol–water partition coefficient (Wildman–Crippen LogP) is 1.34. The summed E-state index contributed by atoms with van der Waals surface area (Å²) in [7, 11) is 0. The highest BCUT2D eigenvalue weighted by Gasteiger charge is 2.14. The monoisotopic (exact) mass is 200 g/mol. The van der Waals surface area contributed by atoms with E-state index in [0.29, 0.717) is 0 Å². The van der Waals surface area contributed by atoms with E-state index in [0.717, 1.165) is 57.8 Å². The van der Waals surface area contributed by atoms with E-state index >= 15 is 0 Å². The fraction of sp³-hybridized carbons (Fsp3) is 0.900. The van der Waals surface area contributed by atoms with Crippen LogP contribution in [-0.4, -0.2) is 48.7 Å². The van der Waals surface area contributed by atoms with E-state index in [1.165, 1.54) is 0 Å². The Hall–Kier alpha value is -0.610. The van der Waals surface area contributed by atoms with Crippen molar-refractivity contribution >= 4 is 5.71 Å². The van der Waals surface area contributed by atoms with Crippen LogP contribution in [0, 0.1) is 0 Å². The molecule has 0 aromatic rings.